The topological polar surface area (TPSA) is 110 Å². The molecule has 2 amide bonds. The van der Waals surface area contributed by atoms with E-state index in [4.69, 9.17) is 0 Å². The molecule has 12 heteroatoms. The molecule has 0 bridgehead atoms. The molecule has 26 heavy (non-hydrogen) atoms. The molecule has 0 atom stereocenters. The Morgan fingerprint density at radius 2 is 1.81 bits per heavy atom. The molecule has 2 heterocycles. The van der Waals surface area contributed by atoms with Crippen molar-refractivity contribution in [2.75, 3.05) is 16.4 Å². The van der Waals surface area contributed by atoms with E-state index in [9.17, 15) is 14.0 Å². The predicted octanol–water partition coefficient (Wildman–Crippen LogP) is 2.82. The van der Waals surface area contributed by atoms with E-state index in [1.807, 2.05) is 0 Å². The van der Waals surface area contributed by atoms with E-state index in [1.54, 1.807) is 13.0 Å². The second-order valence-electron chi connectivity index (χ2n) is 4.77. The molecule has 0 saturated heterocycles. The quantitative estimate of drug-likeness (QED) is 0.475. The summed E-state index contributed by atoms with van der Waals surface area (Å²) in [4.78, 5) is 23.9. The number of hydrogen-bond acceptors (Lipinski definition) is 9. The fourth-order valence-corrected chi connectivity index (χ4v) is 3.91. The highest BCUT2D eigenvalue weighted by atomic mass is 32.2. The number of aromatic nitrogens is 4. The van der Waals surface area contributed by atoms with Gasteiger partial charge in [0, 0.05) is 0 Å². The molecule has 2 N–H and O–H groups in total. The first kappa shape index (κ1) is 18.4. The summed E-state index contributed by atoms with van der Waals surface area (Å²) in [7, 11) is 0. The SMILES string of the molecule is Cc1nnc(NC(=O)CSc2nnc(NC(=O)c3ccccc3F)s2)s1. The number of amides is 2. The van der Waals surface area contributed by atoms with Gasteiger partial charge in [0.05, 0.1) is 11.3 Å². The van der Waals surface area contributed by atoms with E-state index in [0.29, 0.717) is 9.47 Å². The molecular weight excluding hydrogens is 399 g/mol. The Labute approximate surface area is 159 Å². The monoisotopic (exact) mass is 410 g/mol. The lowest BCUT2D eigenvalue weighted by molar-refractivity contribution is -0.113. The predicted molar refractivity (Wildman–Crippen MR) is 98.3 cm³/mol. The van der Waals surface area contributed by atoms with Crippen molar-refractivity contribution in [3.8, 4) is 0 Å². The van der Waals surface area contributed by atoms with Crippen molar-refractivity contribution >= 4 is 56.5 Å². The van der Waals surface area contributed by atoms with Gasteiger partial charge in [-0.25, -0.2) is 4.39 Å². The number of hydrogen-bond donors (Lipinski definition) is 2. The molecule has 0 aliphatic heterocycles. The molecule has 3 rings (SSSR count). The number of nitrogens with one attached hydrogen (secondary N) is 2. The lowest BCUT2D eigenvalue weighted by Gasteiger charge is -2.01. The van der Waals surface area contributed by atoms with Gasteiger partial charge in [-0.05, 0) is 19.1 Å². The summed E-state index contributed by atoms with van der Waals surface area (Å²) in [6, 6.07) is 5.65. The first-order valence-electron chi connectivity index (χ1n) is 7.13. The third-order valence-electron chi connectivity index (χ3n) is 2.84. The van der Waals surface area contributed by atoms with Gasteiger partial charge in [0.25, 0.3) is 5.91 Å². The van der Waals surface area contributed by atoms with Gasteiger partial charge >= 0.3 is 0 Å². The van der Waals surface area contributed by atoms with Gasteiger partial charge < -0.3 is 0 Å². The molecule has 0 aliphatic rings. The minimum absolute atomic E-state index is 0.0800. The molecule has 134 valence electrons. The van der Waals surface area contributed by atoms with E-state index in [0.717, 1.165) is 16.3 Å². The van der Waals surface area contributed by atoms with Gasteiger partial charge in [0.2, 0.25) is 16.2 Å². The maximum atomic E-state index is 13.6. The van der Waals surface area contributed by atoms with Crippen molar-refractivity contribution in [1.29, 1.82) is 0 Å². The molecule has 0 radical (unpaired) electrons. The highest BCUT2D eigenvalue weighted by Gasteiger charge is 2.15. The summed E-state index contributed by atoms with van der Waals surface area (Å²) in [5, 5.41) is 21.8. The highest BCUT2D eigenvalue weighted by Crippen LogP contribution is 2.26. The lowest BCUT2D eigenvalue weighted by Crippen LogP contribution is -2.13. The fourth-order valence-electron chi connectivity index (χ4n) is 1.76. The third kappa shape index (κ3) is 4.80. The first-order chi connectivity index (χ1) is 12.5. The number of halogens is 1. The summed E-state index contributed by atoms with van der Waals surface area (Å²) in [5.74, 6) is -1.37. The number of rotatable bonds is 6. The van der Waals surface area contributed by atoms with Crippen LogP contribution in [0.2, 0.25) is 0 Å². The van der Waals surface area contributed by atoms with Crippen LogP contribution in [-0.4, -0.2) is 38.0 Å². The highest BCUT2D eigenvalue weighted by molar-refractivity contribution is 8.01. The molecule has 0 saturated carbocycles. The van der Waals surface area contributed by atoms with Crippen LogP contribution in [0.3, 0.4) is 0 Å². The number of aryl methyl sites for hydroxylation is 1. The van der Waals surface area contributed by atoms with Crippen LogP contribution in [-0.2, 0) is 4.79 Å². The Kier molecular flexibility index (Phi) is 5.85. The summed E-state index contributed by atoms with van der Waals surface area (Å²) >= 11 is 3.54. The van der Waals surface area contributed by atoms with Crippen LogP contribution in [0.5, 0.6) is 0 Å². The van der Waals surface area contributed by atoms with Crippen molar-refractivity contribution in [2.24, 2.45) is 0 Å². The Balaban J connectivity index is 1.52. The standard InChI is InChI=1S/C14H11FN6O2S3/c1-7-18-19-12(25-7)16-10(22)6-24-14-21-20-13(26-14)17-11(23)8-4-2-3-5-9(8)15/h2-5H,6H2,1H3,(H,16,19,22)(H,17,20,23). The molecule has 1 aromatic carbocycles. The van der Waals surface area contributed by atoms with Crippen molar-refractivity contribution in [1.82, 2.24) is 20.4 Å². The average Bonchev–Trinajstić information content (AvgIpc) is 3.22. The van der Waals surface area contributed by atoms with E-state index < -0.39 is 11.7 Å². The third-order valence-corrected chi connectivity index (χ3v) is 5.57. The summed E-state index contributed by atoms with van der Waals surface area (Å²) < 4.78 is 14.1. The second-order valence-corrected chi connectivity index (χ2v) is 8.15. The van der Waals surface area contributed by atoms with Gasteiger partial charge in [-0.2, -0.15) is 0 Å². The molecule has 2 aromatic heterocycles. The molecule has 0 unspecified atom stereocenters. The average molecular weight is 410 g/mol. The lowest BCUT2D eigenvalue weighted by atomic mass is 10.2. The number of thioether (sulfide) groups is 1. The minimum Gasteiger partial charge on any atom is -0.300 e. The largest absolute Gasteiger partial charge is 0.300 e. The Morgan fingerprint density at radius 1 is 1.08 bits per heavy atom. The molecule has 0 spiro atoms. The minimum atomic E-state index is -0.618. The Morgan fingerprint density at radius 3 is 2.54 bits per heavy atom. The van der Waals surface area contributed by atoms with Crippen LogP contribution >= 0.6 is 34.4 Å². The number of carbonyl (C=O) groups is 2. The van der Waals surface area contributed by atoms with Crippen molar-refractivity contribution in [3.05, 3.63) is 40.7 Å². The fraction of sp³-hybridized carbons (Fsp3) is 0.143. The molecule has 3 aromatic rings. The maximum absolute atomic E-state index is 13.6. The zero-order valence-electron chi connectivity index (χ0n) is 13.2. The van der Waals surface area contributed by atoms with E-state index >= 15 is 0 Å². The van der Waals surface area contributed by atoms with Gasteiger partial charge in [-0.1, -0.05) is 46.6 Å². The van der Waals surface area contributed by atoms with Crippen LogP contribution in [0.4, 0.5) is 14.7 Å². The zero-order valence-corrected chi connectivity index (χ0v) is 15.7. The second kappa shape index (κ2) is 8.29. The first-order valence-corrected chi connectivity index (χ1v) is 9.75. The number of anilines is 2. The van der Waals surface area contributed by atoms with Crippen LogP contribution in [0, 0.1) is 12.7 Å². The maximum Gasteiger partial charge on any atom is 0.260 e. The normalized spacial score (nSPS) is 10.5. The molecule has 0 fully saturated rings. The van der Waals surface area contributed by atoms with E-state index in [-0.39, 0.29) is 22.4 Å². The van der Waals surface area contributed by atoms with E-state index in [2.05, 4.69) is 31.0 Å². The van der Waals surface area contributed by atoms with Gasteiger partial charge in [0.15, 0.2) is 4.34 Å². The van der Waals surface area contributed by atoms with E-state index in [1.165, 1.54) is 41.3 Å². The molecule has 0 aliphatic carbocycles. The summed E-state index contributed by atoms with van der Waals surface area (Å²) in [6.07, 6.45) is 0. The molecule has 8 nitrogen and oxygen atoms in total. The molecular formula is C14H11FN6O2S3. The zero-order chi connectivity index (χ0) is 18.5. The van der Waals surface area contributed by atoms with Crippen molar-refractivity contribution < 1.29 is 14.0 Å². The number of carbonyl (C=O) groups excluding carboxylic acids is 2. The van der Waals surface area contributed by atoms with Crippen LogP contribution in [0.1, 0.15) is 15.4 Å². The Hall–Kier alpha value is -2.44. The Bertz CT molecular complexity index is 944. The summed E-state index contributed by atoms with van der Waals surface area (Å²) in [5.41, 5.74) is -0.0800. The van der Waals surface area contributed by atoms with Gasteiger partial charge in [0.1, 0.15) is 10.8 Å². The van der Waals surface area contributed by atoms with Crippen LogP contribution < -0.4 is 10.6 Å². The number of benzene rings is 1. The van der Waals surface area contributed by atoms with Crippen molar-refractivity contribution in [2.45, 2.75) is 11.3 Å². The van der Waals surface area contributed by atoms with Crippen LogP contribution in [0.15, 0.2) is 28.6 Å². The smallest absolute Gasteiger partial charge is 0.260 e. The summed E-state index contributed by atoms with van der Waals surface area (Å²) in [6.45, 7) is 1.79. The van der Waals surface area contributed by atoms with Gasteiger partial charge in [-0.3, -0.25) is 20.2 Å². The van der Waals surface area contributed by atoms with Crippen molar-refractivity contribution in [3.63, 3.8) is 0 Å². The number of nitrogens with zero attached hydrogens (tertiary/aromatic N) is 4. The van der Waals surface area contributed by atoms with Crippen LogP contribution in [0.25, 0.3) is 0 Å². The van der Waals surface area contributed by atoms with Gasteiger partial charge in [-0.15, -0.1) is 20.4 Å².